The van der Waals surface area contributed by atoms with Crippen molar-refractivity contribution in [1.29, 1.82) is 0 Å². The first-order valence-electron chi connectivity index (χ1n) is 5.64. The van der Waals surface area contributed by atoms with Crippen molar-refractivity contribution >= 4 is 22.6 Å². The topological polar surface area (TPSA) is 111 Å². The highest BCUT2D eigenvalue weighted by atomic mass is 16.1. The average Bonchev–Trinajstić information content (AvgIpc) is 2.85. The summed E-state index contributed by atoms with van der Waals surface area (Å²) in [6, 6.07) is 6.92. The predicted molar refractivity (Wildman–Crippen MR) is 72.3 cm³/mol. The van der Waals surface area contributed by atoms with Crippen molar-refractivity contribution < 1.29 is 4.79 Å². The fraction of sp³-hybridized carbons (Fsp3) is 0. The molecule has 0 fully saturated rings. The summed E-state index contributed by atoms with van der Waals surface area (Å²) in [6.07, 6.45) is 3.27. The number of aromatic amines is 1. The summed E-state index contributed by atoms with van der Waals surface area (Å²) in [5.74, 6) is -0.555. The number of nitrogen functional groups attached to an aromatic ring is 1. The summed E-state index contributed by atoms with van der Waals surface area (Å²) in [5, 5.41) is 0. The molecule has 0 spiro atoms. The lowest BCUT2D eigenvalue weighted by atomic mass is 10.0. The number of hydrogen-bond acceptors (Lipinski definition) is 4. The second kappa shape index (κ2) is 4.09. The third-order valence-corrected chi connectivity index (χ3v) is 2.95. The molecular formula is C13H11N5O. The molecular weight excluding hydrogens is 242 g/mol. The van der Waals surface area contributed by atoms with Gasteiger partial charge in [0.1, 0.15) is 0 Å². The van der Waals surface area contributed by atoms with Gasteiger partial charge in [-0.15, -0.1) is 0 Å². The summed E-state index contributed by atoms with van der Waals surface area (Å²) >= 11 is 0. The Hall–Kier alpha value is -2.89. The van der Waals surface area contributed by atoms with E-state index < -0.39 is 5.91 Å². The summed E-state index contributed by atoms with van der Waals surface area (Å²) in [4.78, 5) is 22.7. The van der Waals surface area contributed by atoms with Crippen molar-refractivity contribution in [3.8, 4) is 11.3 Å². The first-order chi connectivity index (χ1) is 9.16. The highest BCUT2D eigenvalue weighted by Gasteiger charge is 2.12. The van der Waals surface area contributed by atoms with Gasteiger partial charge in [0, 0.05) is 5.56 Å². The number of nitrogens with two attached hydrogens (primary N) is 2. The van der Waals surface area contributed by atoms with Crippen LogP contribution in [0.4, 0.5) is 5.69 Å². The molecule has 5 N–H and O–H groups in total. The molecule has 2 aromatic heterocycles. The molecule has 0 bridgehead atoms. The van der Waals surface area contributed by atoms with Crippen LogP contribution >= 0.6 is 0 Å². The first kappa shape index (κ1) is 11.2. The number of para-hydroxylation sites is 1. The van der Waals surface area contributed by atoms with Gasteiger partial charge in [0.25, 0.3) is 5.91 Å². The van der Waals surface area contributed by atoms with E-state index in [1.807, 2.05) is 6.07 Å². The van der Waals surface area contributed by atoms with Crippen LogP contribution < -0.4 is 11.5 Å². The maximum Gasteiger partial charge on any atom is 0.250 e. The minimum atomic E-state index is -0.555. The van der Waals surface area contributed by atoms with E-state index in [0.29, 0.717) is 22.5 Å². The Morgan fingerprint density at radius 2 is 2.11 bits per heavy atom. The molecule has 0 aliphatic carbocycles. The third-order valence-electron chi connectivity index (χ3n) is 2.95. The third kappa shape index (κ3) is 1.79. The monoisotopic (exact) mass is 253 g/mol. The van der Waals surface area contributed by atoms with Crippen LogP contribution in [0.1, 0.15) is 10.4 Å². The molecule has 0 aliphatic heterocycles. The number of hydrogen-bond donors (Lipinski definition) is 3. The number of carbonyl (C=O) groups excluding carboxylic acids is 1. The average molecular weight is 253 g/mol. The Labute approximate surface area is 108 Å². The molecule has 19 heavy (non-hydrogen) atoms. The fourth-order valence-electron chi connectivity index (χ4n) is 1.98. The van der Waals surface area contributed by atoms with Gasteiger partial charge in [-0.3, -0.25) is 9.78 Å². The van der Waals surface area contributed by atoms with Crippen LogP contribution in [-0.2, 0) is 0 Å². The van der Waals surface area contributed by atoms with E-state index >= 15 is 0 Å². The highest BCUT2D eigenvalue weighted by molar-refractivity contribution is 6.01. The fourth-order valence-corrected chi connectivity index (χ4v) is 1.98. The van der Waals surface area contributed by atoms with Crippen molar-refractivity contribution in [2.24, 2.45) is 5.73 Å². The van der Waals surface area contributed by atoms with Gasteiger partial charge in [0.2, 0.25) is 0 Å². The number of nitrogens with zero attached hydrogens (tertiary/aromatic N) is 2. The number of amides is 1. The van der Waals surface area contributed by atoms with Gasteiger partial charge in [-0.1, -0.05) is 12.1 Å². The quantitative estimate of drug-likeness (QED) is 0.598. The van der Waals surface area contributed by atoms with Gasteiger partial charge in [-0.25, -0.2) is 4.98 Å². The van der Waals surface area contributed by atoms with Gasteiger partial charge in [-0.05, 0) is 12.1 Å². The molecule has 1 aromatic carbocycles. The zero-order valence-corrected chi connectivity index (χ0v) is 9.92. The SMILES string of the molecule is NC(=O)c1cccc(-c2cc3nc[nH]c3cn2)c1N. The normalized spacial score (nSPS) is 10.7. The molecule has 0 saturated heterocycles. The second-order valence-corrected chi connectivity index (χ2v) is 4.12. The van der Waals surface area contributed by atoms with E-state index in [0.717, 1.165) is 11.0 Å². The molecule has 0 unspecified atom stereocenters. The van der Waals surface area contributed by atoms with Crippen molar-refractivity contribution in [3.63, 3.8) is 0 Å². The van der Waals surface area contributed by atoms with E-state index in [9.17, 15) is 4.79 Å². The number of aromatic nitrogens is 3. The van der Waals surface area contributed by atoms with Crippen LogP contribution in [-0.4, -0.2) is 20.9 Å². The molecule has 6 heteroatoms. The second-order valence-electron chi connectivity index (χ2n) is 4.12. The largest absolute Gasteiger partial charge is 0.398 e. The Bertz CT molecular complexity index is 778. The summed E-state index contributed by atoms with van der Waals surface area (Å²) in [7, 11) is 0. The Morgan fingerprint density at radius 3 is 2.89 bits per heavy atom. The molecule has 0 aliphatic rings. The lowest BCUT2D eigenvalue weighted by Gasteiger charge is -2.08. The molecule has 3 rings (SSSR count). The maximum absolute atomic E-state index is 11.3. The number of fused-ring (bicyclic) bond motifs is 1. The lowest BCUT2D eigenvalue weighted by molar-refractivity contribution is 0.100. The van der Waals surface area contributed by atoms with Crippen molar-refractivity contribution in [2.75, 3.05) is 5.73 Å². The number of H-pyrrole nitrogens is 1. The number of primary amides is 1. The minimum Gasteiger partial charge on any atom is -0.398 e. The van der Waals surface area contributed by atoms with E-state index in [4.69, 9.17) is 11.5 Å². The van der Waals surface area contributed by atoms with Crippen molar-refractivity contribution in [1.82, 2.24) is 15.0 Å². The molecule has 2 heterocycles. The van der Waals surface area contributed by atoms with E-state index in [1.165, 1.54) is 0 Å². The molecule has 94 valence electrons. The number of nitrogens with one attached hydrogen (secondary N) is 1. The standard InChI is InChI=1S/C13H11N5O/c14-12-7(2-1-3-8(12)13(15)19)9-4-10-11(5-16-9)18-6-17-10/h1-6H,14H2,(H2,15,19)(H,17,18). The van der Waals surface area contributed by atoms with E-state index in [-0.39, 0.29) is 0 Å². The molecule has 1 amide bonds. The van der Waals surface area contributed by atoms with Crippen LogP contribution in [0.15, 0.2) is 36.8 Å². The molecule has 0 atom stereocenters. The van der Waals surface area contributed by atoms with E-state index in [1.54, 1.807) is 30.7 Å². The van der Waals surface area contributed by atoms with Crippen LogP contribution in [0.5, 0.6) is 0 Å². The number of pyridine rings is 1. The summed E-state index contributed by atoms with van der Waals surface area (Å²) in [6.45, 7) is 0. The van der Waals surface area contributed by atoms with Gasteiger partial charge in [-0.2, -0.15) is 0 Å². The Kier molecular flexibility index (Phi) is 2.42. The van der Waals surface area contributed by atoms with Crippen molar-refractivity contribution in [3.05, 3.63) is 42.4 Å². The summed E-state index contributed by atoms with van der Waals surface area (Å²) < 4.78 is 0. The Balaban J connectivity index is 2.20. The molecule has 0 saturated carbocycles. The van der Waals surface area contributed by atoms with E-state index in [2.05, 4.69) is 15.0 Å². The maximum atomic E-state index is 11.3. The van der Waals surface area contributed by atoms with Crippen LogP contribution in [0.2, 0.25) is 0 Å². The Morgan fingerprint density at radius 1 is 1.26 bits per heavy atom. The van der Waals surface area contributed by atoms with Crippen LogP contribution in [0, 0.1) is 0 Å². The molecule has 3 aromatic rings. The minimum absolute atomic E-state index is 0.293. The first-order valence-corrected chi connectivity index (χ1v) is 5.64. The van der Waals surface area contributed by atoms with Crippen LogP contribution in [0.25, 0.3) is 22.3 Å². The number of benzene rings is 1. The van der Waals surface area contributed by atoms with Crippen LogP contribution in [0.3, 0.4) is 0 Å². The number of carbonyl (C=O) groups is 1. The zero-order chi connectivity index (χ0) is 13.4. The highest BCUT2D eigenvalue weighted by Crippen LogP contribution is 2.28. The van der Waals surface area contributed by atoms with Gasteiger partial charge in [0.15, 0.2) is 0 Å². The van der Waals surface area contributed by atoms with Crippen molar-refractivity contribution in [2.45, 2.75) is 0 Å². The van der Waals surface area contributed by atoms with Gasteiger partial charge < -0.3 is 16.5 Å². The zero-order valence-electron chi connectivity index (χ0n) is 9.92. The van der Waals surface area contributed by atoms with Gasteiger partial charge in [0.05, 0.1) is 40.5 Å². The van der Waals surface area contributed by atoms with Gasteiger partial charge >= 0.3 is 0 Å². The lowest BCUT2D eigenvalue weighted by Crippen LogP contribution is -2.13. The smallest absolute Gasteiger partial charge is 0.250 e. The molecule has 6 nitrogen and oxygen atoms in total. The predicted octanol–water partition coefficient (Wildman–Crippen LogP) is 1.31. The number of anilines is 1. The number of imidazole rings is 1. The number of rotatable bonds is 2. The summed E-state index contributed by atoms with van der Waals surface area (Å²) in [5.41, 5.74) is 14.8. The molecule has 0 radical (unpaired) electrons.